The van der Waals surface area contributed by atoms with Crippen LogP contribution in [0.1, 0.15) is 71.6 Å². The predicted molar refractivity (Wildman–Crippen MR) is 64.9 cm³/mol. The van der Waals surface area contributed by atoms with Crippen molar-refractivity contribution in [2.45, 2.75) is 71.6 Å². The van der Waals surface area contributed by atoms with E-state index in [2.05, 4.69) is 13.8 Å². The first-order valence-corrected chi connectivity index (χ1v) is 6.73. The van der Waals surface area contributed by atoms with Crippen LogP contribution in [0.2, 0.25) is 0 Å². The Bertz CT molecular complexity index is 176. The Morgan fingerprint density at radius 1 is 1.07 bits per heavy atom. The van der Waals surface area contributed by atoms with E-state index in [1.165, 1.54) is 32.1 Å². The second-order valence-corrected chi connectivity index (χ2v) is 5.44. The Labute approximate surface area is 94.6 Å². The number of hydrogen-bond donors (Lipinski definition) is 0. The summed E-state index contributed by atoms with van der Waals surface area (Å²) < 4.78 is 0. The summed E-state index contributed by atoms with van der Waals surface area (Å²) in [6.07, 6.45) is 10.8. The van der Waals surface area contributed by atoms with E-state index < -0.39 is 0 Å². The summed E-state index contributed by atoms with van der Waals surface area (Å²) in [4.78, 5) is 12.0. The molecule has 0 spiro atoms. The van der Waals surface area contributed by atoms with Gasteiger partial charge in [-0.1, -0.05) is 46.0 Å². The van der Waals surface area contributed by atoms with E-state index in [0.29, 0.717) is 17.6 Å². The molecule has 88 valence electrons. The molecule has 1 fully saturated rings. The summed E-state index contributed by atoms with van der Waals surface area (Å²) >= 11 is 0. The summed E-state index contributed by atoms with van der Waals surface area (Å²) in [6.45, 7) is 4.40. The minimum atomic E-state index is 0.407. The molecule has 1 nitrogen and oxygen atoms in total. The first kappa shape index (κ1) is 12.7. The van der Waals surface area contributed by atoms with Crippen molar-refractivity contribution in [1.29, 1.82) is 0 Å². The minimum absolute atomic E-state index is 0.407. The van der Waals surface area contributed by atoms with E-state index in [-0.39, 0.29) is 0 Å². The zero-order valence-corrected chi connectivity index (χ0v) is 10.4. The normalized spacial score (nSPS) is 19.9. The lowest BCUT2D eigenvalue weighted by molar-refractivity contribution is -0.123. The zero-order chi connectivity index (χ0) is 11.1. The van der Waals surface area contributed by atoms with E-state index in [1.54, 1.807) is 0 Å². The third kappa shape index (κ3) is 5.34. The lowest BCUT2D eigenvalue weighted by Gasteiger charge is -2.18. The Kier molecular flexibility index (Phi) is 5.97. The number of carbonyl (C=O) groups is 1. The molecular weight excluding hydrogens is 184 g/mol. The zero-order valence-electron chi connectivity index (χ0n) is 10.4. The average Bonchev–Trinajstić information content (AvgIpc) is 2.13. The van der Waals surface area contributed by atoms with Gasteiger partial charge in [0.25, 0.3) is 0 Å². The second kappa shape index (κ2) is 7.03. The lowest BCUT2D eigenvalue weighted by Crippen LogP contribution is -2.16. The van der Waals surface area contributed by atoms with Gasteiger partial charge in [-0.05, 0) is 25.2 Å². The van der Waals surface area contributed by atoms with Gasteiger partial charge >= 0.3 is 0 Å². The van der Waals surface area contributed by atoms with Crippen molar-refractivity contribution in [3.63, 3.8) is 0 Å². The lowest BCUT2D eigenvalue weighted by atomic mass is 9.86. The SMILES string of the molecule is CC(C)CCC(=O)C1CCCCCCC1. The Balaban J connectivity index is 2.28. The predicted octanol–water partition coefficient (Wildman–Crippen LogP) is 4.35. The summed E-state index contributed by atoms with van der Waals surface area (Å²) in [6, 6.07) is 0. The molecule has 15 heavy (non-hydrogen) atoms. The van der Waals surface area contributed by atoms with Crippen molar-refractivity contribution in [2.75, 3.05) is 0 Å². The van der Waals surface area contributed by atoms with Gasteiger partial charge in [-0.3, -0.25) is 4.79 Å². The number of hydrogen-bond acceptors (Lipinski definition) is 1. The first-order chi connectivity index (χ1) is 7.20. The third-order valence-corrected chi connectivity index (χ3v) is 3.53. The maximum Gasteiger partial charge on any atom is 0.135 e. The fraction of sp³-hybridized carbons (Fsp3) is 0.929. The highest BCUT2D eigenvalue weighted by Gasteiger charge is 2.18. The number of Topliss-reactive ketones (excluding diaryl/α,β-unsaturated/α-hetero) is 1. The molecule has 1 aliphatic rings. The molecule has 0 radical (unpaired) electrons. The molecule has 0 N–H and O–H groups in total. The van der Waals surface area contributed by atoms with Crippen LogP contribution in [0.25, 0.3) is 0 Å². The van der Waals surface area contributed by atoms with Crippen LogP contribution in [0.15, 0.2) is 0 Å². The number of rotatable bonds is 4. The maximum atomic E-state index is 12.0. The fourth-order valence-corrected chi connectivity index (χ4v) is 2.41. The van der Waals surface area contributed by atoms with Crippen LogP contribution >= 0.6 is 0 Å². The highest BCUT2D eigenvalue weighted by atomic mass is 16.1. The van der Waals surface area contributed by atoms with E-state index in [9.17, 15) is 4.79 Å². The third-order valence-electron chi connectivity index (χ3n) is 3.53. The Morgan fingerprint density at radius 3 is 2.13 bits per heavy atom. The van der Waals surface area contributed by atoms with Crippen LogP contribution < -0.4 is 0 Å². The van der Waals surface area contributed by atoms with Crippen molar-refractivity contribution in [1.82, 2.24) is 0 Å². The molecule has 0 bridgehead atoms. The van der Waals surface area contributed by atoms with Crippen LogP contribution in [-0.2, 0) is 4.79 Å². The van der Waals surface area contributed by atoms with E-state index >= 15 is 0 Å². The van der Waals surface area contributed by atoms with Crippen LogP contribution in [0.5, 0.6) is 0 Å². The van der Waals surface area contributed by atoms with Gasteiger partial charge in [-0.15, -0.1) is 0 Å². The molecule has 0 heterocycles. The van der Waals surface area contributed by atoms with Gasteiger partial charge in [0.1, 0.15) is 5.78 Å². The molecule has 0 atom stereocenters. The van der Waals surface area contributed by atoms with Crippen LogP contribution in [-0.4, -0.2) is 5.78 Å². The fourth-order valence-electron chi connectivity index (χ4n) is 2.41. The molecule has 0 aliphatic heterocycles. The van der Waals surface area contributed by atoms with Crippen LogP contribution in [0.3, 0.4) is 0 Å². The van der Waals surface area contributed by atoms with Gasteiger partial charge < -0.3 is 0 Å². The standard InChI is InChI=1S/C14H26O/c1-12(2)10-11-14(15)13-8-6-4-3-5-7-9-13/h12-13H,3-11H2,1-2H3. The molecule has 1 aliphatic carbocycles. The molecule has 0 aromatic rings. The highest BCUT2D eigenvalue weighted by Crippen LogP contribution is 2.24. The Morgan fingerprint density at radius 2 is 1.60 bits per heavy atom. The summed E-state index contributed by atoms with van der Waals surface area (Å²) in [5.41, 5.74) is 0. The molecule has 1 heteroatoms. The van der Waals surface area contributed by atoms with Gasteiger partial charge in [-0.25, -0.2) is 0 Å². The van der Waals surface area contributed by atoms with Crippen molar-refractivity contribution < 1.29 is 4.79 Å². The van der Waals surface area contributed by atoms with E-state index in [0.717, 1.165) is 25.7 Å². The highest BCUT2D eigenvalue weighted by molar-refractivity contribution is 5.80. The summed E-state index contributed by atoms with van der Waals surface area (Å²) in [7, 11) is 0. The molecule has 0 aromatic carbocycles. The van der Waals surface area contributed by atoms with Gasteiger partial charge in [0.15, 0.2) is 0 Å². The van der Waals surface area contributed by atoms with Crippen molar-refractivity contribution in [3.05, 3.63) is 0 Å². The van der Waals surface area contributed by atoms with E-state index in [1.807, 2.05) is 0 Å². The monoisotopic (exact) mass is 210 g/mol. The van der Waals surface area contributed by atoms with Crippen molar-refractivity contribution in [3.8, 4) is 0 Å². The van der Waals surface area contributed by atoms with Crippen molar-refractivity contribution in [2.24, 2.45) is 11.8 Å². The first-order valence-electron chi connectivity index (χ1n) is 6.73. The molecule has 0 amide bonds. The smallest absolute Gasteiger partial charge is 0.135 e. The van der Waals surface area contributed by atoms with E-state index in [4.69, 9.17) is 0 Å². The second-order valence-electron chi connectivity index (χ2n) is 5.44. The maximum absolute atomic E-state index is 12.0. The summed E-state index contributed by atoms with van der Waals surface area (Å²) in [5, 5.41) is 0. The number of carbonyl (C=O) groups excluding carboxylic acids is 1. The van der Waals surface area contributed by atoms with Gasteiger partial charge in [0.05, 0.1) is 0 Å². The molecule has 1 saturated carbocycles. The van der Waals surface area contributed by atoms with Crippen LogP contribution in [0, 0.1) is 11.8 Å². The van der Waals surface area contributed by atoms with Gasteiger partial charge in [0.2, 0.25) is 0 Å². The quantitative estimate of drug-likeness (QED) is 0.674. The minimum Gasteiger partial charge on any atom is -0.299 e. The molecule has 0 unspecified atom stereocenters. The molecular formula is C14H26O. The molecule has 1 rings (SSSR count). The molecule has 0 aromatic heterocycles. The average molecular weight is 210 g/mol. The van der Waals surface area contributed by atoms with Crippen LogP contribution in [0.4, 0.5) is 0 Å². The van der Waals surface area contributed by atoms with Gasteiger partial charge in [0, 0.05) is 12.3 Å². The van der Waals surface area contributed by atoms with Crippen molar-refractivity contribution >= 4 is 5.78 Å². The molecule has 0 saturated heterocycles. The topological polar surface area (TPSA) is 17.1 Å². The summed E-state index contributed by atoms with van der Waals surface area (Å²) in [5.74, 6) is 1.62. The Hall–Kier alpha value is -0.330. The van der Waals surface area contributed by atoms with Gasteiger partial charge in [-0.2, -0.15) is 0 Å². The number of ketones is 1. The largest absolute Gasteiger partial charge is 0.299 e.